The van der Waals surface area contributed by atoms with Crippen LogP contribution in [-0.2, 0) is 9.59 Å². The number of nitrogens with one attached hydrogen (secondary N) is 2. The zero-order valence-electron chi connectivity index (χ0n) is 11.8. The molecule has 23 heavy (non-hydrogen) atoms. The van der Waals surface area contributed by atoms with Gasteiger partial charge < -0.3 is 10.4 Å². The highest BCUT2D eigenvalue weighted by atomic mass is 16.5. The lowest BCUT2D eigenvalue weighted by Gasteiger charge is -2.13. The lowest BCUT2D eigenvalue weighted by Crippen LogP contribution is -2.34. The van der Waals surface area contributed by atoms with Crippen molar-refractivity contribution in [3.8, 4) is 11.4 Å². The molecule has 0 spiro atoms. The predicted molar refractivity (Wildman–Crippen MR) is 78.1 cm³/mol. The number of β-amino-alcohol motifs (C(OH)–C–C–N with tert-alkyl or cyclic N) is 1. The van der Waals surface area contributed by atoms with Crippen LogP contribution >= 0.6 is 0 Å². The Hall–Kier alpha value is -3.20. The van der Waals surface area contributed by atoms with Gasteiger partial charge >= 0.3 is 5.76 Å². The Morgan fingerprint density at radius 3 is 2.57 bits per heavy atom. The lowest BCUT2D eigenvalue weighted by molar-refractivity contribution is -0.137. The van der Waals surface area contributed by atoms with Gasteiger partial charge in [0.15, 0.2) is 5.82 Å². The third-order valence-electron chi connectivity index (χ3n) is 3.21. The standard InChI is InChI=1S/C14H12N4O5/c19-6-5-18-11(20)7-10(13(18)21)15-9-3-1-8(2-4-9)12-16-14(22)23-17-12/h1-4,7,15,19H,5-6H2,(H,16,17,22). The largest absolute Gasteiger partial charge is 0.439 e. The molecule has 0 unspecified atom stereocenters. The number of imide groups is 1. The SMILES string of the molecule is O=C1C=C(Nc2ccc(-c3noc(=O)[nH]3)cc2)C(=O)N1CCO. The van der Waals surface area contributed by atoms with Gasteiger partial charge in [-0.3, -0.25) is 24.0 Å². The molecule has 9 heteroatoms. The molecule has 2 heterocycles. The molecule has 0 saturated carbocycles. The van der Waals surface area contributed by atoms with E-state index in [1.807, 2.05) is 0 Å². The summed E-state index contributed by atoms with van der Waals surface area (Å²) < 4.78 is 4.42. The highest BCUT2D eigenvalue weighted by Crippen LogP contribution is 2.20. The molecule has 9 nitrogen and oxygen atoms in total. The van der Waals surface area contributed by atoms with Gasteiger partial charge in [-0.2, -0.15) is 0 Å². The first-order valence-corrected chi connectivity index (χ1v) is 6.70. The topological polar surface area (TPSA) is 129 Å². The fourth-order valence-electron chi connectivity index (χ4n) is 2.13. The highest BCUT2D eigenvalue weighted by molar-refractivity contribution is 6.17. The van der Waals surface area contributed by atoms with Gasteiger partial charge in [-0.25, -0.2) is 4.79 Å². The van der Waals surface area contributed by atoms with Crippen molar-refractivity contribution in [3.05, 3.63) is 46.6 Å². The molecule has 0 radical (unpaired) electrons. The number of carbonyl (C=O) groups is 2. The molecule has 0 aliphatic carbocycles. The van der Waals surface area contributed by atoms with Crippen LogP contribution in [0, 0.1) is 0 Å². The Morgan fingerprint density at radius 2 is 1.96 bits per heavy atom. The first-order valence-electron chi connectivity index (χ1n) is 6.70. The van der Waals surface area contributed by atoms with Crippen LogP contribution < -0.4 is 11.1 Å². The van der Waals surface area contributed by atoms with Crippen LogP contribution in [0.4, 0.5) is 5.69 Å². The summed E-state index contributed by atoms with van der Waals surface area (Å²) in [6.07, 6.45) is 1.18. The molecule has 0 atom stereocenters. The van der Waals surface area contributed by atoms with Crippen molar-refractivity contribution in [3.63, 3.8) is 0 Å². The van der Waals surface area contributed by atoms with E-state index in [0.29, 0.717) is 17.1 Å². The monoisotopic (exact) mass is 316 g/mol. The summed E-state index contributed by atoms with van der Waals surface area (Å²) >= 11 is 0. The maximum absolute atomic E-state index is 12.0. The molecule has 1 aliphatic rings. The second-order valence-corrected chi connectivity index (χ2v) is 4.72. The van der Waals surface area contributed by atoms with E-state index >= 15 is 0 Å². The van der Waals surface area contributed by atoms with Crippen LogP contribution in [0.3, 0.4) is 0 Å². The van der Waals surface area contributed by atoms with Crippen LogP contribution in [-0.4, -0.2) is 45.1 Å². The van der Waals surface area contributed by atoms with Gasteiger partial charge in [0.1, 0.15) is 5.70 Å². The number of H-pyrrole nitrogens is 1. The van der Waals surface area contributed by atoms with E-state index in [1.165, 1.54) is 6.08 Å². The van der Waals surface area contributed by atoms with E-state index in [4.69, 9.17) is 5.11 Å². The Kier molecular flexibility index (Phi) is 3.77. The van der Waals surface area contributed by atoms with Crippen molar-refractivity contribution < 1.29 is 19.2 Å². The van der Waals surface area contributed by atoms with E-state index in [-0.39, 0.29) is 18.8 Å². The third kappa shape index (κ3) is 2.90. The number of nitrogens with zero attached hydrogens (tertiary/aromatic N) is 2. The normalized spacial score (nSPS) is 14.3. The molecule has 1 aromatic carbocycles. The molecule has 2 aromatic rings. The predicted octanol–water partition coefficient (Wildman–Crippen LogP) is -0.313. The van der Waals surface area contributed by atoms with Crippen LogP contribution in [0.2, 0.25) is 0 Å². The van der Waals surface area contributed by atoms with Crippen LogP contribution in [0.25, 0.3) is 11.4 Å². The number of anilines is 1. The number of benzene rings is 1. The van der Waals surface area contributed by atoms with E-state index in [2.05, 4.69) is 20.0 Å². The fraction of sp³-hybridized carbons (Fsp3) is 0.143. The molecular weight excluding hydrogens is 304 g/mol. The summed E-state index contributed by atoms with van der Waals surface area (Å²) in [6.45, 7) is -0.332. The Balaban J connectivity index is 1.74. The minimum Gasteiger partial charge on any atom is -0.395 e. The number of amides is 2. The second kappa shape index (κ2) is 5.89. The van der Waals surface area contributed by atoms with Crippen molar-refractivity contribution in [1.29, 1.82) is 0 Å². The summed E-state index contributed by atoms with van der Waals surface area (Å²) in [7, 11) is 0. The Bertz CT molecular complexity index is 833. The average molecular weight is 316 g/mol. The van der Waals surface area contributed by atoms with Crippen LogP contribution in [0.15, 0.2) is 45.4 Å². The van der Waals surface area contributed by atoms with Gasteiger partial charge in [0.05, 0.1) is 13.2 Å². The number of carbonyl (C=O) groups excluding carboxylic acids is 2. The minimum atomic E-state index is -0.647. The summed E-state index contributed by atoms with van der Waals surface area (Å²) in [4.78, 5) is 37.9. The van der Waals surface area contributed by atoms with Gasteiger partial charge in [0, 0.05) is 17.3 Å². The van der Waals surface area contributed by atoms with Crippen molar-refractivity contribution >= 4 is 17.5 Å². The Morgan fingerprint density at radius 1 is 1.22 bits per heavy atom. The summed E-state index contributed by atoms with van der Waals surface area (Å²) in [5.74, 6) is -1.31. The maximum atomic E-state index is 12.0. The van der Waals surface area contributed by atoms with Crippen molar-refractivity contribution in [2.24, 2.45) is 0 Å². The van der Waals surface area contributed by atoms with Gasteiger partial charge in [0.2, 0.25) is 0 Å². The van der Waals surface area contributed by atoms with Crippen LogP contribution in [0.5, 0.6) is 0 Å². The number of aromatic amines is 1. The number of rotatable bonds is 5. The first-order chi connectivity index (χ1) is 11.1. The second-order valence-electron chi connectivity index (χ2n) is 4.72. The minimum absolute atomic E-state index is 0.0438. The number of aliphatic hydroxyl groups is 1. The van der Waals surface area contributed by atoms with Gasteiger partial charge in [0.25, 0.3) is 11.8 Å². The molecule has 1 aromatic heterocycles. The molecule has 0 bridgehead atoms. The number of hydrogen-bond acceptors (Lipinski definition) is 7. The number of aliphatic hydroxyl groups excluding tert-OH is 1. The molecule has 3 N–H and O–H groups in total. The summed E-state index contributed by atoms with van der Waals surface area (Å²) in [5, 5.41) is 15.3. The zero-order valence-corrected chi connectivity index (χ0v) is 11.8. The number of aromatic nitrogens is 2. The third-order valence-corrected chi connectivity index (χ3v) is 3.21. The van der Waals surface area contributed by atoms with Gasteiger partial charge in [-0.1, -0.05) is 5.16 Å². The first kappa shape index (κ1) is 14.7. The quantitative estimate of drug-likeness (QED) is 0.645. The molecule has 1 aliphatic heterocycles. The molecule has 2 amide bonds. The molecule has 0 saturated heterocycles. The van der Waals surface area contributed by atoms with Gasteiger partial charge in [-0.05, 0) is 24.3 Å². The van der Waals surface area contributed by atoms with Crippen molar-refractivity contribution in [2.45, 2.75) is 0 Å². The molecule has 3 rings (SSSR count). The van der Waals surface area contributed by atoms with Crippen molar-refractivity contribution in [2.75, 3.05) is 18.5 Å². The van der Waals surface area contributed by atoms with E-state index in [0.717, 1.165) is 4.90 Å². The molecule has 118 valence electrons. The van der Waals surface area contributed by atoms with Crippen molar-refractivity contribution in [1.82, 2.24) is 15.0 Å². The number of hydrogen-bond donors (Lipinski definition) is 3. The summed E-state index contributed by atoms with van der Waals surface area (Å²) in [6, 6.07) is 6.66. The fourth-order valence-corrected chi connectivity index (χ4v) is 2.13. The molecule has 0 fully saturated rings. The van der Waals surface area contributed by atoms with Crippen LogP contribution in [0.1, 0.15) is 0 Å². The van der Waals surface area contributed by atoms with E-state index in [9.17, 15) is 14.4 Å². The Labute approximate surface area is 129 Å². The lowest BCUT2D eigenvalue weighted by atomic mass is 10.2. The molecular formula is C14H12N4O5. The average Bonchev–Trinajstić information content (AvgIpc) is 3.08. The summed E-state index contributed by atoms with van der Waals surface area (Å²) in [5.41, 5.74) is 1.34. The maximum Gasteiger partial charge on any atom is 0.439 e. The van der Waals surface area contributed by atoms with E-state index in [1.54, 1.807) is 24.3 Å². The smallest absolute Gasteiger partial charge is 0.395 e. The zero-order chi connectivity index (χ0) is 16.4. The highest BCUT2D eigenvalue weighted by Gasteiger charge is 2.30. The van der Waals surface area contributed by atoms with E-state index < -0.39 is 17.6 Å². The van der Waals surface area contributed by atoms with Gasteiger partial charge in [-0.15, -0.1) is 0 Å².